The van der Waals surface area contributed by atoms with Gasteiger partial charge in [-0.1, -0.05) is 19.8 Å². The predicted molar refractivity (Wildman–Crippen MR) is 78.5 cm³/mol. The van der Waals surface area contributed by atoms with Gasteiger partial charge in [0.05, 0.1) is 18.8 Å². The summed E-state index contributed by atoms with van der Waals surface area (Å²) in [5.74, 6) is -0.410. The van der Waals surface area contributed by atoms with Gasteiger partial charge < -0.3 is 14.2 Å². The van der Waals surface area contributed by atoms with E-state index in [1.54, 1.807) is 7.11 Å². The van der Waals surface area contributed by atoms with Crippen molar-refractivity contribution in [1.82, 2.24) is 0 Å². The van der Waals surface area contributed by atoms with Gasteiger partial charge in [0.1, 0.15) is 0 Å². The molecular formula is C15H30O5. The lowest BCUT2D eigenvalue weighted by atomic mass is 10.2. The van der Waals surface area contributed by atoms with Crippen LogP contribution < -0.4 is 0 Å². The van der Waals surface area contributed by atoms with Crippen molar-refractivity contribution in [3.63, 3.8) is 0 Å². The van der Waals surface area contributed by atoms with Gasteiger partial charge in [-0.05, 0) is 20.3 Å². The highest BCUT2D eigenvalue weighted by atomic mass is 16.5. The second-order valence-corrected chi connectivity index (χ2v) is 4.74. The van der Waals surface area contributed by atoms with Crippen molar-refractivity contribution in [2.45, 2.75) is 72.5 Å². The zero-order chi connectivity index (χ0) is 16.0. The number of methoxy groups -OCH3 is 1. The quantitative estimate of drug-likeness (QED) is 0.643. The van der Waals surface area contributed by atoms with Crippen LogP contribution in [0.15, 0.2) is 0 Å². The van der Waals surface area contributed by atoms with Gasteiger partial charge in [-0.3, -0.25) is 9.59 Å². The third-order valence-electron chi connectivity index (χ3n) is 2.56. The number of hydrogen-bond acceptors (Lipinski definition) is 5. The van der Waals surface area contributed by atoms with Crippen molar-refractivity contribution in [3.8, 4) is 0 Å². The molecule has 0 aromatic carbocycles. The number of hydrogen-bond donors (Lipinski definition) is 0. The Morgan fingerprint density at radius 2 is 1.60 bits per heavy atom. The maximum Gasteiger partial charge on any atom is 0.302 e. The second kappa shape index (κ2) is 14.3. The average Bonchev–Trinajstić information content (AvgIpc) is 2.35. The smallest absolute Gasteiger partial charge is 0.302 e. The van der Waals surface area contributed by atoms with Gasteiger partial charge in [0.25, 0.3) is 0 Å². The van der Waals surface area contributed by atoms with Gasteiger partial charge in [0.2, 0.25) is 0 Å². The highest BCUT2D eigenvalue weighted by molar-refractivity contribution is 5.66. The van der Waals surface area contributed by atoms with E-state index in [1.807, 2.05) is 13.8 Å². The van der Waals surface area contributed by atoms with E-state index in [1.165, 1.54) is 13.8 Å². The lowest BCUT2D eigenvalue weighted by Gasteiger charge is -2.09. The van der Waals surface area contributed by atoms with E-state index in [9.17, 15) is 9.59 Å². The van der Waals surface area contributed by atoms with Crippen molar-refractivity contribution >= 4 is 11.9 Å². The molecule has 2 atom stereocenters. The maximum atomic E-state index is 10.4. The Bertz CT molecular complexity index is 253. The lowest BCUT2D eigenvalue weighted by molar-refractivity contribution is -0.146. The molecule has 0 aliphatic carbocycles. The van der Waals surface area contributed by atoms with Crippen LogP contribution in [0.2, 0.25) is 0 Å². The van der Waals surface area contributed by atoms with Crippen LogP contribution in [0.25, 0.3) is 0 Å². The molecule has 0 aliphatic heterocycles. The van der Waals surface area contributed by atoms with Crippen molar-refractivity contribution in [2.75, 3.05) is 13.7 Å². The molecule has 0 aromatic rings. The normalized spacial score (nSPS) is 12.7. The summed E-state index contributed by atoms with van der Waals surface area (Å²) in [5, 5.41) is 0. The van der Waals surface area contributed by atoms with E-state index >= 15 is 0 Å². The maximum absolute atomic E-state index is 10.4. The third kappa shape index (κ3) is 19.2. The molecule has 2 unspecified atom stereocenters. The highest BCUT2D eigenvalue weighted by Crippen LogP contribution is 2.03. The summed E-state index contributed by atoms with van der Waals surface area (Å²) in [5.41, 5.74) is 0. The number of unbranched alkanes of at least 4 members (excludes halogenated alkanes) is 1. The molecule has 20 heavy (non-hydrogen) atoms. The topological polar surface area (TPSA) is 61.8 Å². The van der Waals surface area contributed by atoms with Gasteiger partial charge >= 0.3 is 11.9 Å². The van der Waals surface area contributed by atoms with E-state index in [-0.39, 0.29) is 24.1 Å². The molecule has 120 valence electrons. The fourth-order valence-electron chi connectivity index (χ4n) is 1.32. The standard InChI is InChI=1S/C8H16O2.C7H14O3/c1-4-5-6-7(2)10-8(3)9;1-6(9-3)4-5-10-7(2)8/h7H,4-6H2,1-3H3;6H,4-5H2,1-3H3. The molecule has 0 rings (SSSR count). The first kappa shape index (κ1) is 21.2. The van der Waals surface area contributed by atoms with Crippen molar-refractivity contribution in [3.05, 3.63) is 0 Å². The monoisotopic (exact) mass is 290 g/mol. The molecule has 0 saturated carbocycles. The van der Waals surface area contributed by atoms with Crippen molar-refractivity contribution in [1.29, 1.82) is 0 Å². The van der Waals surface area contributed by atoms with Gasteiger partial charge in [0, 0.05) is 27.4 Å². The van der Waals surface area contributed by atoms with Crippen LogP contribution in [0, 0.1) is 0 Å². The zero-order valence-corrected chi connectivity index (χ0v) is 13.7. The fraction of sp³-hybridized carbons (Fsp3) is 0.867. The molecule has 0 radical (unpaired) electrons. The minimum atomic E-state index is -0.233. The molecule has 0 amide bonds. The Balaban J connectivity index is 0. The molecular weight excluding hydrogens is 260 g/mol. The number of rotatable bonds is 8. The fourth-order valence-corrected chi connectivity index (χ4v) is 1.32. The van der Waals surface area contributed by atoms with Crippen LogP contribution in [0.5, 0.6) is 0 Å². The summed E-state index contributed by atoms with van der Waals surface area (Å²) in [4.78, 5) is 20.6. The molecule has 0 N–H and O–H groups in total. The molecule has 0 bridgehead atoms. The highest BCUT2D eigenvalue weighted by Gasteiger charge is 2.02. The number of ether oxygens (including phenoxy) is 3. The summed E-state index contributed by atoms with van der Waals surface area (Å²) >= 11 is 0. The van der Waals surface area contributed by atoms with Crippen LogP contribution in [0.1, 0.15) is 60.3 Å². The molecule has 5 nitrogen and oxygen atoms in total. The van der Waals surface area contributed by atoms with Crippen LogP contribution in [0.3, 0.4) is 0 Å². The van der Waals surface area contributed by atoms with E-state index in [4.69, 9.17) is 14.2 Å². The van der Waals surface area contributed by atoms with Gasteiger partial charge in [-0.25, -0.2) is 0 Å². The third-order valence-corrected chi connectivity index (χ3v) is 2.56. The molecule has 0 spiro atoms. The first-order valence-electron chi connectivity index (χ1n) is 7.16. The zero-order valence-electron chi connectivity index (χ0n) is 13.7. The molecule has 0 aliphatic rings. The Kier molecular flexibility index (Phi) is 15.2. The average molecular weight is 290 g/mol. The van der Waals surface area contributed by atoms with E-state index in [0.717, 1.165) is 25.7 Å². The van der Waals surface area contributed by atoms with Crippen LogP contribution in [-0.2, 0) is 23.8 Å². The van der Waals surface area contributed by atoms with Crippen molar-refractivity contribution in [2.24, 2.45) is 0 Å². The van der Waals surface area contributed by atoms with Crippen LogP contribution in [-0.4, -0.2) is 37.9 Å². The Morgan fingerprint density at radius 1 is 1.00 bits per heavy atom. The largest absolute Gasteiger partial charge is 0.466 e. The van der Waals surface area contributed by atoms with Gasteiger partial charge in [0.15, 0.2) is 0 Å². The molecule has 5 heteroatoms. The van der Waals surface area contributed by atoms with Crippen LogP contribution in [0.4, 0.5) is 0 Å². The lowest BCUT2D eigenvalue weighted by Crippen LogP contribution is -2.11. The number of esters is 2. The minimum absolute atomic E-state index is 0.0949. The Hall–Kier alpha value is -1.10. The summed E-state index contributed by atoms with van der Waals surface area (Å²) in [6, 6.07) is 0. The van der Waals surface area contributed by atoms with E-state index in [0.29, 0.717) is 6.61 Å². The SMILES string of the molecule is CCCCC(C)OC(C)=O.COC(C)CCOC(C)=O. The Morgan fingerprint density at radius 3 is 2.00 bits per heavy atom. The second-order valence-electron chi connectivity index (χ2n) is 4.74. The van der Waals surface area contributed by atoms with Crippen molar-refractivity contribution < 1.29 is 23.8 Å². The number of carbonyl (C=O) groups excluding carboxylic acids is 2. The van der Waals surface area contributed by atoms with Gasteiger partial charge in [-0.2, -0.15) is 0 Å². The summed E-state index contributed by atoms with van der Waals surface area (Å²) in [6.45, 7) is 9.28. The first-order chi connectivity index (χ1) is 9.33. The van der Waals surface area contributed by atoms with Crippen LogP contribution >= 0.6 is 0 Å². The van der Waals surface area contributed by atoms with E-state index in [2.05, 4.69) is 6.92 Å². The van der Waals surface area contributed by atoms with Gasteiger partial charge in [-0.15, -0.1) is 0 Å². The molecule has 0 saturated heterocycles. The molecule has 0 heterocycles. The molecule has 0 aromatic heterocycles. The predicted octanol–water partition coefficient (Wildman–Crippen LogP) is 3.10. The minimum Gasteiger partial charge on any atom is -0.466 e. The summed E-state index contributed by atoms with van der Waals surface area (Å²) < 4.78 is 14.5. The first-order valence-corrected chi connectivity index (χ1v) is 7.16. The Labute approximate surface area is 123 Å². The summed E-state index contributed by atoms with van der Waals surface area (Å²) in [6.07, 6.45) is 4.29. The summed E-state index contributed by atoms with van der Waals surface area (Å²) in [7, 11) is 1.64. The van der Waals surface area contributed by atoms with E-state index < -0.39 is 0 Å². The molecule has 0 fully saturated rings. The number of carbonyl (C=O) groups is 2.